The van der Waals surface area contributed by atoms with Crippen molar-refractivity contribution in [1.29, 1.82) is 0 Å². The number of amides is 1. The Morgan fingerprint density at radius 3 is 2.96 bits per heavy atom. The molecule has 0 fully saturated rings. The van der Waals surface area contributed by atoms with Gasteiger partial charge in [0.15, 0.2) is 5.82 Å². The average Bonchev–Trinajstić information content (AvgIpc) is 2.96. The maximum atomic E-state index is 13.0. The normalized spacial score (nSPS) is 20.2. The van der Waals surface area contributed by atoms with E-state index in [1.807, 2.05) is 21.7 Å². The largest absolute Gasteiger partial charge is 0.338 e. The van der Waals surface area contributed by atoms with Crippen LogP contribution in [0.2, 0.25) is 5.02 Å². The Kier molecular flexibility index (Phi) is 4.30. The van der Waals surface area contributed by atoms with Gasteiger partial charge in [-0.2, -0.15) is 0 Å². The predicted octanol–water partition coefficient (Wildman–Crippen LogP) is 2.63. The van der Waals surface area contributed by atoms with E-state index in [1.165, 1.54) is 0 Å². The molecular weight excluding hydrogens is 394 g/mol. The molecule has 0 bridgehead atoms. The molecular formula is C16H17BrClN5O. The Morgan fingerprint density at radius 2 is 2.08 bits per heavy atom. The van der Waals surface area contributed by atoms with Crippen LogP contribution in [-0.2, 0) is 30.7 Å². The van der Waals surface area contributed by atoms with Gasteiger partial charge in [-0.25, -0.2) is 4.68 Å². The first-order valence-electron chi connectivity index (χ1n) is 8.13. The van der Waals surface area contributed by atoms with Crippen LogP contribution in [0.3, 0.4) is 0 Å². The molecule has 1 aromatic carbocycles. The van der Waals surface area contributed by atoms with Crippen LogP contribution in [0, 0.1) is 5.92 Å². The average molecular weight is 411 g/mol. The Hall–Kier alpha value is -1.47. The van der Waals surface area contributed by atoms with Crippen LogP contribution >= 0.6 is 27.5 Å². The van der Waals surface area contributed by atoms with Gasteiger partial charge in [0.05, 0.1) is 0 Å². The lowest BCUT2D eigenvalue weighted by molar-refractivity contribution is -0.137. The van der Waals surface area contributed by atoms with Gasteiger partial charge in [-0.05, 0) is 52.9 Å². The van der Waals surface area contributed by atoms with Crippen LogP contribution in [0.15, 0.2) is 16.6 Å². The number of fused-ring (bicyclic) bond motifs is 2. The fourth-order valence-electron chi connectivity index (χ4n) is 3.59. The number of carbonyl (C=O) groups excluding carboxylic acids is 1. The van der Waals surface area contributed by atoms with Crippen molar-refractivity contribution in [2.24, 2.45) is 5.92 Å². The number of benzene rings is 1. The number of aromatic nitrogens is 4. The van der Waals surface area contributed by atoms with E-state index in [-0.39, 0.29) is 11.8 Å². The van der Waals surface area contributed by atoms with E-state index in [9.17, 15) is 4.79 Å². The fraction of sp³-hybridized carbons (Fsp3) is 0.500. The number of tetrazole rings is 1. The predicted molar refractivity (Wildman–Crippen MR) is 92.5 cm³/mol. The highest BCUT2D eigenvalue weighted by molar-refractivity contribution is 9.10. The molecule has 1 atom stereocenters. The number of carbonyl (C=O) groups is 1. The molecule has 2 aliphatic rings. The fourth-order valence-corrected chi connectivity index (χ4v) is 4.36. The lowest BCUT2D eigenvalue weighted by Crippen LogP contribution is -2.40. The minimum atomic E-state index is 0.0213. The Balaban J connectivity index is 1.50. The molecule has 1 aromatic heterocycles. The molecule has 1 amide bonds. The topological polar surface area (TPSA) is 63.9 Å². The van der Waals surface area contributed by atoms with Gasteiger partial charge in [-0.15, -0.1) is 5.10 Å². The second kappa shape index (κ2) is 6.44. The molecule has 8 heteroatoms. The summed E-state index contributed by atoms with van der Waals surface area (Å²) < 4.78 is 2.84. The Bertz CT molecular complexity index is 770. The maximum Gasteiger partial charge on any atom is 0.226 e. The maximum absolute atomic E-state index is 13.0. The van der Waals surface area contributed by atoms with Crippen LogP contribution in [-0.4, -0.2) is 37.6 Å². The molecule has 0 spiro atoms. The summed E-state index contributed by atoms with van der Waals surface area (Å²) in [5.74, 6) is 1.13. The standard InChI is InChI=1S/C16H17BrClN5O/c17-13-2-3-14(18)11-6-7-22(9-12(11)13)16(24)10-1-4-15-19-20-21-23(15)8-5-10/h2-3,10H,1,4-9H2. The highest BCUT2D eigenvalue weighted by Crippen LogP contribution is 2.33. The zero-order valence-electron chi connectivity index (χ0n) is 13.1. The lowest BCUT2D eigenvalue weighted by atomic mass is 9.95. The van der Waals surface area contributed by atoms with Crippen LogP contribution < -0.4 is 0 Å². The summed E-state index contributed by atoms with van der Waals surface area (Å²) in [6, 6.07) is 3.87. The lowest BCUT2D eigenvalue weighted by Gasteiger charge is -2.32. The van der Waals surface area contributed by atoms with Crippen molar-refractivity contribution in [2.75, 3.05) is 6.54 Å². The molecule has 24 heavy (non-hydrogen) atoms. The summed E-state index contributed by atoms with van der Waals surface area (Å²) in [5, 5.41) is 12.5. The third-order valence-electron chi connectivity index (χ3n) is 4.97. The third kappa shape index (κ3) is 2.84. The number of nitrogens with zero attached hydrogens (tertiary/aromatic N) is 5. The van der Waals surface area contributed by atoms with Crippen molar-refractivity contribution in [3.63, 3.8) is 0 Å². The smallest absolute Gasteiger partial charge is 0.226 e. The van der Waals surface area contributed by atoms with Crippen LogP contribution in [0.4, 0.5) is 0 Å². The molecule has 2 aromatic rings. The van der Waals surface area contributed by atoms with Crippen LogP contribution in [0.25, 0.3) is 0 Å². The van der Waals surface area contributed by atoms with Gasteiger partial charge in [-0.1, -0.05) is 27.5 Å². The van der Waals surface area contributed by atoms with Crippen LogP contribution in [0.1, 0.15) is 29.8 Å². The summed E-state index contributed by atoms with van der Waals surface area (Å²) in [7, 11) is 0. The minimum Gasteiger partial charge on any atom is -0.338 e. The molecule has 4 rings (SSSR count). The molecule has 126 valence electrons. The van der Waals surface area contributed by atoms with Gasteiger partial charge < -0.3 is 4.90 Å². The zero-order valence-corrected chi connectivity index (χ0v) is 15.4. The first-order chi connectivity index (χ1) is 11.6. The highest BCUT2D eigenvalue weighted by Gasteiger charge is 2.30. The van der Waals surface area contributed by atoms with Gasteiger partial charge >= 0.3 is 0 Å². The van der Waals surface area contributed by atoms with Crippen molar-refractivity contribution in [3.05, 3.63) is 38.6 Å². The van der Waals surface area contributed by atoms with Gasteiger partial charge in [0.1, 0.15) is 0 Å². The first-order valence-corrected chi connectivity index (χ1v) is 9.30. The van der Waals surface area contributed by atoms with Gasteiger partial charge in [0.2, 0.25) is 5.91 Å². The highest BCUT2D eigenvalue weighted by atomic mass is 79.9. The van der Waals surface area contributed by atoms with E-state index in [1.54, 1.807) is 0 Å². The van der Waals surface area contributed by atoms with E-state index in [0.717, 1.165) is 58.7 Å². The summed E-state index contributed by atoms with van der Waals surface area (Å²) in [6.45, 7) is 2.05. The molecule has 0 saturated carbocycles. The van der Waals surface area contributed by atoms with Gasteiger partial charge in [0, 0.05) is 41.5 Å². The van der Waals surface area contributed by atoms with E-state index >= 15 is 0 Å². The van der Waals surface area contributed by atoms with E-state index < -0.39 is 0 Å². The number of rotatable bonds is 1. The molecule has 6 nitrogen and oxygen atoms in total. The van der Waals surface area contributed by atoms with Crippen molar-refractivity contribution >= 4 is 33.4 Å². The van der Waals surface area contributed by atoms with E-state index in [4.69, 9.17) is 11.6 Å². The first kappa shape index (κ1) is 16.0. The summed E-state index contributed by atoms with van der Waals surface area (Å²) in [5.41, 5.74) is 2.29. The molecule has 2 aliphatic heterocycles. The molecule has 0 N–H and O–H groups in total. The Labute approximate surface area is 153 Å². The monoisotopic (exact) mass is 409 g/mol. The SMILES string of the molecule is O=C(C1CCc2nnnn2CC1)N1CCc2c(Cl)ccc(Br)c2C1. The van der Waals surface area contributed by atoms with Crippen molar-refractivity contribution in [1.82, 2.24) is 25.1 Å². The minimum absolute atomic E-state index is 0.0213. The van der Waals surface area contributed by atoms with E-state index in [0.29, 0.717) is 13.1 Å². The summed E-state index contributed by atoms with van der Waals surface area (Å²) in [4.78, 5) is 15.0. The van der Waals surface area contributed by atoms with Crippen molar-refractivity contribution < 1.29 is 4.79 Å². The van der Waals surface area contributed by atoms with Crippen molar-refractivity contribution in [2.45, 2.75) is 38.8 Å². The molecule has 0 saturated heterocycles. The van der Waals surface area contributed by atoms with Gasteiger partial charge in [0.25, 0.3) is 0 Å². The van der Waals surface area contributed by atoms with Crippen molar-refractivity contribution in [3.8, 4) is 0 Å². The summed E-state index contributed by atoms with van der Waals surface area (Å²) in [6.07, 6.45) is 3.15. The zero-order chi connectivity index (χ0) is 16.7. The second-order valence-corrected chi connectivity index (χ2v) is 7.60. The number of hydrogen-bond donors (Lipinski definition) is 0. The summed E-state index contributed by atoms with van der Waals surface area (Å²) >= 11 is 9.90. The number of halogens is 2. The second-order valence-electron chi connectivity index (χ2n) is 6.34. The van der Waals surface area contributed by atoms with E-state index in [2.05, 4.69) is 31.5 Å². The molecule has 1 unspecified atom stereocenters. The van der Waals surface area contributed by atoms with Crippen LogP contribution in [0.5, 0.6) is 0 Å². The number of aryl methyl sites for hydroxylation is 2. The van der Waals surface area contributed by atoms with Gasteiger partial charge in [-0.3, -0.25) is 4.79 Å². The quantitative estimate of drug-likeness (QED) is 0.725. The Morgan fingerprint density at radius 1 is 1.21 bits per heavy atom. The molecule has 0 aliphatic carbocycles. The third-order valence-corrected chi connectivity index (χ3v) is 6.07. The molecule has 3 heterocycles. The number of hydrogen-bond acceptors (Lipinski definition) is 4. The molecule has 0 radical (unpaired) electrons.